The van der Waals surface area contributed by atoms with E-state index < -0.39 is 6.17 Å². The normalized spacial score (nSPS) is 35.3. The Kier molecular flexibility index (Phi) is 7.94. The Labute approximate surface area is 161 Å². The fraction of sp³-hybridized carbons (Fsp3) is 1.00. The lowest BCUT2D eigenvalue weighted by Gasteiger charge is -2.39. The molecular formula is C22H43FN2O. The van der Waals surface area contributed by atoms with Crippen LogP contribution in [0, 0.1) is 11.8 Å². The Hall–Kier alpha value is -0.190. The first-order valence-corrected chi connectivity index (χ1v) is 11.0. The molecule has 0 aromatic rings. The highest BCUT2D eigenvalue weighted by Crippen LogP contribution is 2.38. The fourth-order valence-electron chi connectivity index (χ4n) is 5.49. The molecule has 0 spiro atoms. The first-order chi connectivity index (χ1) is 12.2. The van der Waals surface area contributed by atoms with E-state index in [1.54, 1.807) is 0 Å². The van der Waals surface area contributed by atoms with Crippen LogP contribution in [0.3, 0.4) is 0 Å². The van der Waals surface area contributed by atoms with Crippen LogP contribution in [-0.2, 0) is 4.74 Å². The molecule has 0 aromatic carbocycles. The highest BCUT2D eigenvalue weighted by molar-refractivity contribution is 5.00. The Morgan fingerprint density at radius 1 is 0.962 bits per heavy atom. The molecule has 4 heteroatoms. The van der Waals surface area contributed by atoms with Gasteiger partial charge in [-0.2, -0.15) is 0 Å². The number of alkyl halides is 1. The van der Waals surface area contributed by atoms with Gasteiger partial charge in [0.2, 0.25) is 0 Å². The maximum atomic E-state index is 15.0. The molecule has 154 valence electrons. The van der Waals surface area contributed by atoms with E-state index in [-0.39, 0.29) is 6.04 Å². The second kappa shape index (κ2) is 9.34. The Balaban J connectivity index is 2.10. The van der Waals surface area contributed by atoms with Gasteiger partial charge in [-0.1, -0.05) is 20.8 Å². The topological polar surface area (TPSA) is 15.7 Å². The van der Waals surface area contributed by atoms with Gasteiger partial charge < -0.3 is 4.74 Å². The molecule has 2 rings (SSSR count). The molecule has 3 nitrogen and oxygen atoms in total. The second-order valence-corrected chi connectivity index (χ2v) is 9.56. The molecule has 2 fully saturated rings. The van der Waals surface area contributed by atoms with Crippen LogP contribution in [0.25, 0.3) is 0 Å². The lowest BCUT2D eigenvalue weighted by atomic mass is 9.90. The summed E-state index contributed by atoms with van der Waals surface area (Å²) in [6.07, 6.45) is 2.39. The van der Waals surface area contributed by atoms with Gasteiger partial charge in [0.1, 0.15) is 6.17 Å². The molecule has 0 aromatic heterocycles. The molecule has 26 heavy (non-hydrogen) atoms. The standard InChI is InChI=1S/C22H43FN2O/c1-9-26-18-11-21(24(13-18)15(4)5)17(8)10-22-19(23)12-20(14(2)3)25(22)16(6)7/h14-22H,9-13H2,1-8H3/t17?,18-,19?,20-,21-,22?/m0/s1. The maximum absolute atomic E-state index is 15.0. The summed E-state index contributed by atoms with van der Waals surface area (Å²) in [5.41, 5.74) is 0. The van der Waals surface area contributed by atoms with Gasteiger partial charge in [-0.05, 0) is 65.7 Å². The van der Waals surface area contributed by atoms with Crippen molar-refractivity contribution >= 4 is 0 Å². The minimum absolute atomic E-state index is 0.0672. The molecule has 0 aliphatic carbocycles. The van der Waals surface area contributed by atoms with Crippen molar-refractivity contribution < 1.29 is 9.13 Å². The molecule has 0 bridgehead atoms. The number of hydrogen-bond acceptors (Lipinski definition) is 3. The zero-order valence-electron chi connectivity index (χ0n) is 18.4. The Morgan fingerprint density at radius 2 is 1.62 bits per heavy atom. The highest BCUT2D eigenvalue weighted by atomic mass is 19.1. The fourth-order valence-corrected chi connectivity index (χ4v) is 5.49. The van der Waals surface area contributed by atoms with Crippen LogP contribution in [0.2, 0.25) is 0 Å². The van der Waals surface area contributed by atoms with E-state index in [4.69, 9.17) is 4.74 Å². The van der Waals surface area contributed by atoms with Gasteiger partial charge in [0.15, 0.2) is 0 Å². The second-order valence-electron chi connectivity index (χ2n) is 9.56. The van der Waals surface area contributed by atoms with Crippen LogP contribution in [0.5, 0.6) is 0 Å². The zero-order chi connectivity index (χ0) is 19.6. The SMILES string of the molecule is CCO[C@H]1C[C@@H](C(C)CC2C(F)C[C@@H](C(C)C)N2C(C)C)N(C(C)C)C1. The number of likely N-dealkylation sites (tertiary alicyclic amines) is 2. The predicted molar refractivity (Wildman–Crippen MR) is 108 cm³/mol. The number of nitrogens with zero attached hydrogens (tertiary/aromatic N) is 2. The lowest BCUT2D eigenvalue weighted by molar-refractivity contribution is 0.0653. The number of hydrogen-bond donors (Lipinski definition) is 0. The molecule has 2 heterocycles. The number of ether oxygens (including phenoxy) is 1. The summed E-state index contributed by atoms with van der Waals surface area (Å²) in [6.45, 7) is 19.7. The summed E-state index contributed by atoms with van der Waals surface area (Å²) in [5.74, 6) is 0.996. The third-order valence-corrected chi connectivity index (χ3v) is 6.70. The summed E-state index contributed by atoms with van der Waals surface area (Å²) in [4.78, 5) is 5.08. The van der Waals surface area contributed by atoms with Crippen LogP contribution in [0.4, 0.5) is 4.39 Å². The van der Waals surface area contributed by atoms with Crippen molar-refractivity contribution in [1.82, 2.24) is 9.80 Å². The highest BCUT2D eigenvalue weighted by Gasteiger charge is 2.46. The molecule has 2 saturated heterocycles. The van der Waals surface area contributed by atoms with Gasteiger partial charge in [0.05, 0.1) is 6.10 Å². The van der Waals surface area contributed by atoms with Gasteiger partial charge in [0.25, 0.3) is 0 Å². The van der Waals surface area contributed by atoms with E-state index in [1.807, 2.05) is 0 Å². The summed E-state index contributed by atoms with van der Waals surface area (Å²) in [7, 11) is 0. The summed E-state index contributed by atoms with van der Waals surface area (Å²) in [5, 5.41) is 0. The quantitative estimate of drug-likeness (QED) is 0.613. The zero-order valence-corrected chi connectivity index (χ0v) is 18.4. The van der Waals surface area contributed by atoms with Crippen molar-refractivity contribution in [3.8, 4) is 0 Å². The van der Waals surface area contributed by atoms with Crippen molar-refractivity contribution in [2.75, 3.05) is 13.2 Å². The first kappa shape index (κ1) is 22.1. The van der Waals surface area contributed by atoms with Crippen LogP contribution >= 0.6 is 0 Å². The van der Waals surface area contributed by atoms with E-state index in [9.17, 15) is 0 Å². The largest absolute Gasteiger partial charge is 0.377 e. The molecular weight excluding hydrogens is 327 g/mol. The summed E-state index contributed by atoms with van der Waals surface area (Å²) in [6, 6.07) is 1.87. The molecule has 0 N–H and O–H groups in total. The number of rotatable bonds is 8. The molecule has 3 unspecified atom stereocenters. The van der Waals surface area contributed by atoms with E-state index >= 15 is 4.39 Å². The molecule has 0 amide bonds. The minimum atomic E-state index is -0.691. The third-order valence-electron chi connectivity index (χ3n) is 6.70. The van der Waals surface area contributed by atoms with Crippen LogP contribution in [0.1, 0.15) is 74.7 Å². The Morgan fingerprint density at radius 3 is 2.12 bits per heavy atom. The van der Waals surface area contributed by atoms with Crippen molar-refractivity contribution in [2.24, 2.45) is 11.8 Å². The van der Waals surface area contributed by atoms with Crippen LogP contribution < -0.4 is 0 Å². The lowest BCUT2D eigenvalue weighted by Crippen LogP contribution is -2.47. The smallest absolute Gasteiger partial charge is 0.117 e. The van der Waals surface area contributed by atoms with Crippen molar-refractivity contribution in [3.63, 3.8) is 0 Å². The number of halogens is 1. The van der Waals surface area contributed by atoms with Gasteiger partial charge in [-0.3, -0.25) is 9.80 Å². The van der Waals surface area contributed by atoms with E-state index in [1.165, 1.54) is 0 Å². The first-order valence-electron chi connectivity index (χ1n) is 11.0. The van der Waals surface area contributed by atoms with Gasteiger partial charge in [-0.15, -0.1) is 0 Å². The van der Waals surface area contributed by atoms with E-state index in [0.717, 1.165) is 26.0 Å². The molecule has 2 aliphatic rings. The van der Waals surface area contributed by atoms with Gasteiger partial charge in [-0.25, -0.2) is 4.39 Å². The predicted octanol–water partition coefficient (Wildman–Crippen LogP) is 4.75. The average Bonchev–Trinajstić information content (AvgIpc) is 3.10. The van der Waals surface area contributed by atoms with Gasteiger partial charge >= 0.3 is 0 Å². The van der Waals surface area contributed by atoms with Crippen molar-refractivity contribution in [3.05, 3.63) is 0 Å². The molecule has 6 atom stereocenters. The monoisotopic (exact) mass is 370 g/mol. The summed E-state index contributed by atoms with van der Waals surface area (Å²) >= 11 is 0. The molecule has 0 saturated carbocycles. The Bertz CT molecular complexity index is 428. The average molecular weight is 371 g/mol. The third kappa shape index (κ3) is 4.80. The minimum Gasteiger partial charge on any atom is -0.377 e. The maximum Gasteiger partial charge on any atom is 0.117 e. The van der Waals surface area contributed by atoms with E-state index in [0.29, 0.717) is 48.5 Å². The van der Waals surface area contributed by atoms with E-state index in [2.05, 4.69) is 65.2 Å². The van der Waals surface area contributed by atoms with Crippen molar-refractivity contribution in [2.45, 2.75) is 117 Å². The molecule has 2 aliphatic heterocycles. The molecule has 0 radical (unpaired) electrons. The van der Waals surface area contributed by atoms with Gasteiger partial charge in [0, 0.05) is 43.4 Å². The van der Waals surface area contributed by atoms with Crippen molar-refractivity contribution in [1.29, 1.82) is 0 Å². The summed E-state index contributed by atoms with van der Waals surface area (Å²) < 4.78 is 21.0. The van der Waals surface area contributed by atoms with Crippen LogP contribution in [0.15, 0.2) is 0 Å². The van der Waals surface area contributed by atoms with Crippen LogP contribution in [-0.4, -0.2) is 65.4 Å².